The first kappa shape index (κ1) is 18.0. The predicted molar refractivity (Wildman–Crippen MR) is 73.9 cm³/mol. The fraction of sp³-hybridized carbons (Fsp3) is 0.909. The van der Waals surface area contributed by atoms with Crippen LogP contribution in [0.3, 0.4) is 0 Å². The molecular weight excluding hydrogens is 275 g/mol. The third-order valence-corrected chi connectivity index (χ3v) is 5.60. The first-order valence-electron chi connectivity index (χ1n) is 5.82. The van der Waals surface area contributed by atoms with Crippen molar-refractivity contribution in [3.05, 3.63) is 0 Å². The van der Waals surface area contributed by atoms with Gasteiger partial charge in [0.15, 0.2) is 0 Å². The first-order chi connectivity index (χ1) is 8.11. The van der Waals surface area contributed by atoms with Crippen LogP contribution in [-0.2, 0) is 14.1 Å². The predicted octanol–water partition coefficient (Wildman–Crippen LogP) is 2.27. The number of hydrogen-bond acceptors (Lipinski definition) is 4. The molecule has 18 heavy (non-hydrogen) atoms. The molecule has 0 aliphatic heterocycles. The zero-order valence-corrected chi connectivity index (χ0v) is 13.1. The SMILES string of the molecule is COC(=O)C(C)(C)CSCCCC(C)P(=O)(O)O. The Morgan fingerprint density at radius 2 is 2.00 bits per heavy atom. The van der Waals surface area contributed by atoms with Crippen molar-refractivity contribution in [1.29, 1.82) is 0 Å². The van der Waals surface area contributed by atoms with Crippen molar-refractivity contribution in [3.8, 4) is 0 Å². The summed E-state index contributed by atoms with van der Waals surface area (Å²) in [5.41, 5.74) is -1.11. The van der Waals surface area contributed by atoms with E-state index in [1.165, 1.54) is 7.11 Å². The maximum Gasteiger partial charge on any atom is 0.328 e. The largest absolute Gasteiger partial charge is 0.469 e. The van der Waals surface area contributed by atoms with Gasteiger partial charge in [0.25, 0.3) is 0 Å². The summed E-state index contributed by atoms with van der Waals surface area (Å²) in [5, 5.41) is 0. The lowest BCUT2D eigenvalue weighted by molar-refractivity contribution is -0.149. The third kappa shape index (κ3) is 6.78. The van der Waals surface area contributed by atoms with Gasteiger partial charge in [-0.2, -0.15) is 11.8 Å². The van der Waals surface area contributed by atoms with E-state index in [1.807, 2.05) is 13.8 Å². The van der Waals surface area contributed by atoms with Crippen LogP contribution in [0.5, 0.6) is 0 Å². The Morgan fingerprint density at radius 3 is 2.44 bits per heavy atom. The quantitative estimate of drug-likeness (QED) is 0.406. The van der Waals surface area contributed by atoms with Crippen LogP contribution >= 0.6 is 19.4 Å². The normalized spacial score (nSPS) is 14.3. The highest BCUT2D eigenvalue weighted by molar-refractivity contribution is 7.99. The molecule has 7 heteroatoms. The lowest BCUT2D eigenvalue weighted by Gasteiger charge is -2.20. The molecule has 0 aromatic heterocycles. The second kappa shape index (κ2) is 7.53. The maximum absolute atomic E-state index is 11.4. The van der Waals surface area contributed by atoms with Gasteiger partial charge >= 0.3 is 13.6 Å². The van der Waals surface area contributed by atoms with E-state index < -0.39 is 18.7 Å². The van der Waals surface area contributed by atoms with E-state index in [0.717, 1.165) is 12.2 Å². The van der Waals surface area contributed by atoms with E-state index in [-0.39, 0.29) is 5.97 Å². The number of carbonyl (C=O) groups excluding carboxylic acids is 1. The Morgan fingerprint density at radius 1 is 1.44 bits per heavy atom. The molecule has 0 aliphatic carbocycles. The molecule has 108 valence electrons. The topological polar surface area (TPSA) is 83.8 Å². The van der Waals surface area contributed by atoms with Crippen molar-refractivity contribution in [2.24, 2.45) is 5.41 Å². The van der Waals surface area contributed by atoms with E-state index in [0.29, 0.717) is 12.2 Å². The molecule has 0 aromatic carbocycles. The van der Waals surface area contributed by atoms with Crippen LogP contribution in [0.15, 0.2) is 0 Å². The van der Waals surface area contributed by atoms with Crippen LogP contribution in [0, 0.1) is 5.41 Å². The van der Waals surface area contributed by atoms with Gasteiger partial charge in [-0.05, 0) is 32.4 Å². The van der Waals surface area contributed by atoms with Gasteiger partial charge in [0.1, 0.15) is 0 Å². The van der Waals surface area contributed by atoms with Crippen molar-refractivity contribution in [2.45, 2.75) is 39.3 Å². The second-order valence-corrected chi connectivity index (χ2v) is 8.17. The molecule has 0 amide bonds. The van der Waals surface area contributed by atoms with Gasteiger partial charge in [-0.1, -0.05) is 6.92 Å². The number of ether oxygens (including phenoxy) is 1. The molecule has 0 aliphatic rings. The molecule has 0 bridgehead atoms. The Balaban J connectivity index is 3.82. The van der Waals surface area contributed by atoms with E-state index >= 15 is 0 Å². The number of methoxy groups -OCH3 is 1. The van der Waals surface area contributed by atoms with Gasteiger partial charge in [-0.15, -0.1) is 0 Å². The van der Waals surface area contributed by atoms with Gasteiger partial charge in [0.2, 0.25) is 0 Å². The number of rotatable bonds is 8. The molecule has 0 rings (SSSR count). The lowest BCUT2D eigenvalue weighted by Crippen LogP contribution is -2.28. The molecular formula is C11H23O5PS. The minimum absolute atomic E-state index is 0.237. The van der Waals surface area contributed by atoms with Crippen LogP contribution < -0.4 is 0 Å². The Hall–Kier alpha value is -0.0300. The van der Waals surface area contributed by atoms with Crippen molar-refractivity contribution < 1.29 is 23.9 Å². The molecule has 0 radical (unpaired) electrons. The summed E-state index contributed by atoms with van der Waals surface area (Å²) in [4.78, 5) is 29.2. The van der Waals surface area contributed by atoms with Gasteiger partial charge in [-0.25, -0.2) is 0 Å². The Bertz CT molecular complexity index is 313. The molecule has 0 heterocycles. The summed E-state index contributed by atoms with van der Waals surface area (Å²) in [6, 6.07) is 0. The van der Waals surface area contributed by atoms with Gasteiger partial charge in [0, 0.05) is 5.75 Å². The minimum atomic E-state index is -3.94. The molecule has 0 spiro atoms. The van der Waals surface area contributed by atoms with Crippen molar-refractivity contribution in [3.63, 3.8) is 0 Å². The molecule has 0 aromatic rings. The third-order valence-electron chi connectivity index (χ3n) is 2.69. The minimum Gasteiger partial charge on any atom is -0.469 e. The molecule has 5 nitrogen and oxygen atoms in total. The monoisotopic (exact) mass is 298 g/mol. The fourth-order valence-electron chi connectivity index (χ4n) is 1.31. The first-order valence-corrected chi connectivity index (χ1v) is 8.66. The Kier molecular flexibility index (Phi) is 7.52. The second-order valence-electron chi connectivity index (χ2n) is 5.01. The van der Waals surface area contributed by atoms with Gasteiger partial charge < -0.3 is 14.5 Å². The highest BCUT2D eigenvalue weighted by atomic mass is 32.2. The average Bonchev–Trinajstić information content (AvgIpc) is 2.25. The summed E-state index contributed by atoms with van der Waals surface area (Å²) in [7, 11) is -2.57. The molecule has 2 N–H and O–H groups in total. The standard InChI is InChI=1S/C11H23O5PS/c1-9(17(13,14)15)6-5-7-18-8-11(2,3)10(12)16-4/h9H,5-8H2,1-4H3,(H2,13,14,15). The van der Waals surface area contributed by atoms with Crippen molar-refractivity contribution in [1.82, 2.24) is 0 Å². The summed E-state index contributed by atoms with van der Waals surface area (Å²) in [6.45, 7) is 5.21. The summed E-state index contributed by atoms with van der Waals surface area (Å²) < 4.78 is 15.6. The van der Waals surface area contributed by atoms with Crippen LogP contribution in [0.25, 0.3) is 0 Å². The van der Waals surface area contributed by atoms with Crippen LogP contribution in [-0.4, -0.2) is 40.0 Å². The van der Waals surface area contributed by atoms with Gasteiger partial charge in [0.05, 0.1) is 18.2 Å². The van der Waals surface area contributed by atoms with Crippen molar-refractivity contribution >= 4 is 25.3 Å². The lowest BCUT2D eigenvalue weighted by atomic mass is 9.97. The molecule has 0 saturated heterocycles. The average molecular weight is 298 g/mol. The van der Waals surface area contributed by atoms with Crippen LogP contribution in [0.4, 0.5) is 0 Å². The Labute approximate surface area is 113 Å². The molecule has 1 unspecified atom stereocenters. The van der Waals surface area contributed by atoms with Crippen LogP contribution in [0.2, 0.25) is 0 Å². The van der Waals surface area contributed by atoms with E-state index in [1.54, 1.807) is 18.7 Å². The molecule has 0 fully saturated rings. The molecule has 0 saturated carbocycles. The number of hydrogen-bond donors (Lipinski definition) is 2. The number of esters is 1. The highest BCUT2D eigenvalue weighted by Gasteiger charge is 2.28. The smallest absolute Gasteiger partial charge is 0.328 e. The maximum atomic E-state index is 11.4. The zero-order chi connectivity index (χ0) is 14.4. The summed E-state index contributed by atoms with van der Waals surface area (Å²) in [5.74, 6) is 1.19. The van der Waals surface area contributed by atoms with E-state index in [4.69, 9.17) is 14.5 Å². The van der Waals surface area contributed by atoms with E-state index in [2.05, 4.69) is 0 Å². The van der Waals surface area contributed by atoms with Gasteiger partial charge in [-0.3, -0.25) is 9.36 Å². The van der Waals surface area contributed by atoms with E-state index in [9.17, 15) is 9.36 Å². The van der Waals surface area contributed by atoms with Crippen molar-refractivity contribution in [2.75, 3.05) is 18.6 Å². The zero-order valence-electron chi connectivity index (χ0n) is 11.4. The summed E-state index contributed by atoms with van der Waals surface area (Å²) in [6.07, 6.45) is 1.23. The number of thioether (sulfide) groups is 1. The highest BCUT2D eigenvalue weighted by Crippen LogP contribution is 2.43. The summed E-state index contributed by atoms with van der Waals surface area (Å²) >= 11 is 1.60. The van der Waals surface area contributed by atoms with Crippen LogP contribution in [0.1, 0.15) is 33.6 Å². The molecule has 1 atom stereocenters. The fourth-order valence-corrected chi connectivity index (χ4v) is 2.97. The number of carbonyl (C=O) groups is 1.